The number of benzene rings is 1. The third-order valence-electron chi connectivity index (χ3n) is 5.02. The first kappa shape index (κ1) is 17.2. The molecule has 24 heavy (non-hydrogen) atoms. The number of fused-ring (bicyclic) bond motifs is 1. The molecule has 2 atom stereocenters. The Labute approximate surface area is 148 Å². The molecule has 0 saturated heterocycles. The van der Waals surface area contributed by atoms with E-state index in [1.807, 2.05) is 11.3 Å². The van der Waals surface area contributed by atoms with Crippen LogP contribution in [0.5, 0.6) is 0 Å². The van der Waals surface area contributed by atoms with Gasteiger partial charge in [0.1, 0.15) is 0 Å². The monoisotopic (exact) mass is 343 g/mol. The highest BCUT2D eigenvalue weighted by molar-refractivity contribution is 7.10. The van der Waals surface area contributed by atoms with Gasteiger partial charge in [0, 0.05) is 11.4 Å². The first-order valence-corrected chi connectivity index (χ1v) is 9.73. The maximum atomic E-state index is 12.9. The van der Waals surface area contributed by atoms with Crippen LogP contribution >= 0.6 is 11.3 Å². The van der Waals surface area contributed by atoms with Gasteiger partial charge in [-0.25, -0.2) is 0 Å². The van der Waals surface area contributed by atoms with Gasteiger partial charge in [0.2, 0.25) is 0 Å². The van der Waals surface area contributed by atoms with Crippen LogP contribution in [0.15, 0.2) is 35.7 Å². The van der Waals surface area contributed by atoms with Gasteiger partial charge < -0.3 is 10.2 Å². The molecule has 3 nitrogen and oxygen atoms in total. The number of hydrogen-bond acceptors (Lipinski definition) is 2. The molecule has 0 radical (unpaired) electrons. The fourth-order valence-electron chi connectivity index (χ4n) is 3.28. The van der Waals surface area contributed by atoms with E-state index in [0.717, 1.165) is 19.4 Å². The lowest BCUT2D eigenvalue weighted by Crippen LogP contribution is -2.91. The maximum Gasteiger partial charge on any atom is 0.278 e. The summed E-state index contributed by atoms with van der Waals surface area (Å²) >= 11 is 1.82. The predicted octanol–water partition coefficient (Wildman–Crippen LogP) is 2.89. The summed E-state index contributed by atoms with van der Waals surface area (Å²) in [5.41, 5.74) is 3.78. The average molecular weight is 344 g/mol. The summed E-state index contributed by atoms with van der Waals surface area (Å²) in [6.07, 6.45) is 2.06. The molecule has 128 valence electrons. The van der Waals surface area contributed by atoms with Crippen molar-refractivity contribution in [2.75, 3.05) is 13.1 Å². The van der Waals surface area contributed by atoms with E-state index >= 15 is 0 Å². The third-order valence-corrected chi connectivity index (χ3v) is 6.01. The van der Waals surface area contributed by atoms with Gasteiger partial charge >= 0.3 is 0 Å². The third kappa shape index (κ3) is 3.55. The lowest BCUT2D eigenvalue weighted by Gasteiger charge is -2.36. The van der Waals surface area contributed by atoms with E-state index in [9.17, 15) is 4.79 Å². The minimum Gasteiger partial charge on any atom is -0.336 e. The van der Waals surface area contributed by atoms with Crippen LogP contribution in [0.1, 0.15) is 47.9 Å². The van der Waals surface area contributed by atoms with Crippen molar-refractivity contribution in [3.8, 4) is 0 Å². The SMILES string of the molecule is CC[C@H](C)[NH2+]CC(=O)N1CCc2sccc2[C@H]1c1ccc(C)cc1. The van der Waals surface area contributed by atoms with Gasteiger partial charge in [-0.2, -0.15) is 0 Å². The van der Waals surface area contributed by atoms with E-state index in [2.05, 4.69) is 66.7 Å². The standard InChI is InChI=1S/C20H26N2OS/c1-4-15(3)21-13-19(23)22-11-9-18-17(10-12-24-18)20(22)16-7-5-14(2)6-8-16/h5-8,10,12,15,20-21H,4,9,11,13H2,1-3H3/p+1/t15-,20+/m0/s1. The number of thiophene rings is 1. The van der Waals surface area contributed by atoms with Crippen molar-refractivity contribution in [2.45, 2.75) is 45.7 Å². The highest BCUT2D eigenvalue weighted by atomic mass is 32.1. The molecule has 1 amide bonds. The summed E-state index contributed by atoms with van der Waals surface area (Å²) < 4.78 is 0. The molecular formula is C20H27N2OS+. The van der Waals surface area contributed by atoms with Gasteiger partial charge in [-0.3, -0.25) is 4.79 Å². The summed E-state index contributed by atoms with van der Waals surface area (Å²) in [7, 11) is 0. The van der Waals surface area contributed by atoms with Crippen LogP contribution in [0.25, 0.3) is 0 Å². The molecule has 1 aliphatic rings. The van der Waals surface area contributed by atoms with E-state index in [-0.39, 0.29) is 11.9 Å². The highest BCUT2D eigenvalue weighted by Gasteiger charge is 2.33. The predicted molar refractivity (Wildman–Crippen MR) is 99.3 cm³/mol. The van der Waals surface area contributed by atoms with Crippen LogP contribution in [0, 0.1) is 6.92 Å². The van der Waals surface area contributed by atoms with Gasteiger partial charge in [-0.15, -0.1) is 11.3 Å². The van der Waals surface area contributed by atoms with E-state index < -0.39 is 0 Å². The molecule has 1 aliphatic heterocycles. The normalized spacial score (nSPS) is 18.3. The molecule has 4 heteroatoms. The molecule has 2 aromatic rings. The van der Waals surface area contributed by atoms with E-state index in [4.69, 9.17) is 0 Å². The molecule has 3 rings (SSSR count). The zero-order valence-corrected chi connectivity index (χ0v) is 15.6. The second-order valence-electron chi connectivity index (χ2n) is 6.77. The molecule has 2 heterocycles. The minimum atomic E-state index is 0.0680. The second kappa shape index (κ2) is 7.49. The molecule has 0 bridgehead atoms. The molecule has 0 aliphatic carbocycles. The fraction of sp³-hybridized carbons (Fsp3) is 0.450. The summed E-state index contributed by atoms with van der Waals surface area (Å²) in [6, 6.07) is 11.4. The number of aryl methyl sites for hydroxylation is 1. The Morgan fingerprint density at radius 1 is 1.33 bits per heavy atom. The van der Waals surface area contributed by atoms with Gasteiger partial charge in [0.25, 0.3) is 5.91 Å². The lowest BCUT2D eigenvalue weighted by molar-refractivity contribution is -0.676. The zero-order chi connectivity index (χ0) is 17.1. The van der Waals surface area contributed by atoms with Crippen LogP contribution < -0.4 is 5.32 Å². The van der Waals surface area contributed by atoms with Crippen molar-refractivity contribution in [1.82, 2.24) is 4.90 Å². The molecule has 0 saturated carbocycles. The minimum absolute atomic E-state index is 0.0680. The van der Waals surface area contributed by atoms with Crippen LogP contribution in [0.2, 0.25) is 0 Å². The van der Waals surface area contributed by atoms with Crippen LogP contribution in [-0.2, 0) is 11.2 Å². The smallest absolute Gasteiger partial charge is 0.278 e. The molecule has 2 N–H and O–H groups in total. The summed E-state index contributed by atoms with van der Waals surface area (Å²) in [4.78, 5) is 16.4. The van der Waals surface area contributed by atoms with Crippen molar-refractivity contribution < 1.29 is 10.1 Å². The largest absolute Gasteiger partial charge is 0.336 e. The van der Waals surface area contributed by atoms with Crippen LogP contribution in [0.4, 0.5) is 0 Å². The fourth-order valence-corrected chi connectivity index (χ4v) is 4.18. The summed E-state index contributed by atoms with van der Waals surface area (Å²) in [5.74, 6) is 0.248. The summed E-state index contributed by atoms with van der Waals surface area (Å²) in [6.45, 7) is 7.80. The first-order chi connectivity index (χ1) is 11.6. The topological polar surface area (TPSA) is 36.9 Å². The van der Waals surface area contributed by atoms with Crippen LogP contribution in [0.3, 0.4) is 0 Å². The van der Waals surface area contributed by atoms with Crippen molar-refractivity contribution in [3.63, 3.8) is 0 Å². The molecular weight excluding hydrogens is 316 g/mol. The number of nitrogens with zero attached hydrogens (tertiary/aromatic N) is 1. The Morgan fingerprint density at radius 2 is 2.08 bits per heavy atom. The van der Waals surface area contributed by atoms with Gasteiger partial charge in [-0.1, -0.05) is 36.8 Å². The van der Waals surface area contributed by atoms with E-state index in [1.165, 1.54) is 21.6 Å². The van der Waals surface area contributed by atoms with Gasteiger partial charge in [-0.05, 0) is 49.3 Å². The molecule has 0 spiro atoms. The van der Waals surface area contributed by atoms with Gasteiger partial charge in [0.05, 0.1) is 12.1 Å². The average Bonchev–Trinajstić information content (AvgIpc) is 3.08. The quantitative estimate of drug-likeness (QED) is 0.890. The number of carbonyl (C=O) groups excluding carboxylic acids is 1. The first-order valence-electron chi connectivity index (χ1n) is 8.85. The Kier molecular flexibility index (Phi) is 5.36. The van der Waals surface area contributed by atoms with E-state index in [1.54, 1.807) is 0 Å². The number of rotatable bonds is 5. The van der Waals surface area contributed by atoms with Crippen molar-refractivity contribution in [1.29, 1.82) is 0 Å². The van der Waals surface area contributed by atoms with Crippen molar-refractivity contribution >= 4 is 17.2 Å². The molecule has 1 aromatic heterocycles. The number of quaternary nitrogens is 1. The Balaban J connectivity index is 1.87. The summed E-state index contributed by atoms with van der Waals surface area (Å²) in [5, 5.41) is 4.32. The number of hydrogen-bond donors (Lipinski definition) is 1. The van der Waals surface area contributed by atoms with Crippen molar-refractivity contribution in [2.24, 2.45) is 0 Å². The Bertz CT molecular complexity index is 692. The molecule has 0 unspecified atom stereocenters. The van der Waals surface area contributed by atoms with Gasteiger partial charge in [0.15, 0.2) is 6.54 Å². The number of nitrogens with two attached hydrogens (primary N) is 1. The molecule has 1 aromatic carbocycles. The lowest BCUT2D eigenvalue weighted by atomic mass is 9.92. The highest BCUT2D eigenvalue weighted by Crippen LogP contribution is 2.37. The van der Waals surface area contributed by atoms with Crippen molar-refractivity contribution in [3.05, 3.63) is 57.3 Å². The zero-order valence-electron chi connectivity index (χ0n) is 14.8. The van der Waals surface area contributed by atoms with E-state index in [0.29, 0.717) is 12.6 Å². The molecule has 0 fully saturated rings. The number of carbonyl (C=O) groups is 1. The second-order valence-corrected chi connectivity index (χ2v) is 7.78. The number of amides is 1. The Morgan fingerprint density at radius 3 is 2.79 bits per heavy atom. The van der Waals surface area contributed by atoms with Crippen LogP contribution in [-0.4, -0.2) is 29.9 Å². The Hall–Kier alpha value is -1.65. The maximum absolute atomic E-state index is 12.9.